The molecule has 0 saturated heterocycles. The average Bonchev–Trinajstić information content (AvgIpc) is 2.58. The maximum Gasteiger partial charge on any atom is 0.219 e. The van der Waals surface area contributed by atoms with E-state index in [-0.39, 0.29) is 5.82 Å². The topological polar surface area (TPSA) is 86.3 Å². The lowest BCUT2D eigenvalue weighted by Crippen LogP contribution is -2.09. The van der Waals surface area contributed by atoms with Crippen molar-refractivity contribution >= 4 is 11.5 Å². The average molecular weight is 329 g/mol. The minimum absolute atomic E-state index is 0.0173. The van der Waals surface area contributed by atoms with Gasteiger partial charge in [0.15, 0.2) is 11.6 Å². The first-order chi connectivity index (χ1) is 11.7. The first kappa shape index (κ1) is 17.5. The predicted molar refractivity (Wildman–Crippen MR) is 90.9 cm³/mol. The number of nitrogens with zero attached hydrogens (tertiary/aromatic N) is 4. The Balaban J connectivity index is 2.40. The summed E-state index contributed by atoms with van der Waals surface area (Å²) in [4.78, 5) is 16.7. The van der Waals surface area contributed by atoms with E-state index >= 15 is 0 Å². The zero-order valence-electron chi connectivity index (χ0n) is 13.7. The fraction of sp³-hybridized carbons (Fsp3) is 0.294. The number of nitrogens with two attached hydrogens (primary N) is 1. The Bertz CT molecular complexity index is 746. The van der Waals surface area contributed by atoms with Gasteiger partial charge >= 0.3 is 0 Å². The summed E-state index contributed by atoms with van der Waals surface area (Å²) in [5.74, 6) is 0.0695. The summed E-state index contributed by atoms with van der Waals surface area (Å²) in [6.45, 7) is 2.06. The molecule has 0 aromatic carbocycles. The van der Waals surface area contributed by atoms with Crippen molar-refractivity contribution in [2.24, 2.45) is 10.7 Å². The molecule has 6 nitrogen and oxygen atoms in total. The van der Waals surface area contributed by atoms with E-state index in [9.17, 15) is 4.39 Å². The standard InChI is InChI=1S/C17H20FN5O/c1-3-5-13-15(21-11-22-17(13)24-2)10-12(7-8-19)23-16-14(18)6-4-9-20-16/h4,6-9,11H,3,5,10,19H2,1-2H3. The molecule has 0 radical (unpaired) electrons. The molecule has 0 unspecified atom stereocenters. The Kier molecular flexibility index (Phi) is 6.36. The van der Waals surface area contributed by atoms with E-state index in [0.717, 1.165) is 24.1 Å². The highest BCUT2D eigenvalue weighted by atomic mass is 19.1. The van der Waals surface area contributed by atoms with Gasteiger partial charge in [-0.25, -0.2) is 24.3 Å². The fourth-order valence-electron chi connectivity index (χ4n) is 2.27. The number of methoxy groups -OCH3 is 1. The van der Waals surface area contributed by atoms with Crippen LogP contribution in [-0.4, -0.2) is 27.8 Å². The summed E-state index contributed by atoms with van der Waals surface area (Å²) in [6.07, 6.45) is 7.97. The van der Waals surface area contributed by atoms with Crippen molar-refractivity contribution in [3.05, 3.63) is 54.0 Å². The first-order valence-electron chi connectivity index (χ1n) is 7.62. The van der Waals surface area contributed by atoms with Gasteiger partial charge < -0.3 is 10.5 Å². The normalized spacial score (nSPS) is 11.9. The van der Waals surface area contributed by atoms with Crippen LogP contribution in [0.5, 0.6) is 5.88 Å². The molecule has 0 aliphatic carbocycles. The largest absolute Gasteiger partial charge is 0.481 e. The van der Waals surface area contributed by atoms with Crippen molar-refractivity contribution in [3.8, 4) is 5.88 Å². The van der Waals surface area contributed by atoms with Gasteiger partial charge in [0.1, 0.15) is 6.33 Å². The number of rotatable bonds is 7. The van der Waals surface area contributed by atoms with Crippen LogP contribution in [0.15, 0.2) is 41.9 Å². The van der Waals surface area contributed by atoms with Gasteiger partial charge in [-0.05, 0) is 30.8 Å². The van der Waals surface area contributed by atoms with Crippen LogP contribution in [0.3, 0.4) is 0 Å². The summed E-state index contributed by atoms with van der Waals surface area (Å²) in [5, 5.41) is 0. The molecule has 0 aliphatic rings. The summed E-state index contributed by atoms with van der Waals surface area (Å²) in [7, 11) is 1.57. The summed E-state index contributed by atoms with van der Waals surface area (Å²) in [5.41, 5.74) is 7.74. The van der Waals surface area contributed by atoms with Gasteiger partial charge in [-0.2, -0.15) is 0 Å². The van der Waals surface area contributed by atoms with Crippen LogP contribution in [0.1, 0.15) is 24.6 Å². The summed E-state index contributed by atoms with van der Waals surface area (Å²) in [6, 6.07) is 2.83. The third-order valence-corrected chi connectivity index (χ3v) is 3.31. The highest BCUT2D eigenvalue weighted by molar-refractivity contribution is 5.97. The molecule has 0 fully saturated rings. The van der Waals surface area contributed by atoms with E-state index in [1.54, 1.807) is 13.2 Å². The molecule has 2 heterocycles. The monoisotopic (exact) mass is 329 g/mol. The number of allylic oxidation sites excluding steroid dienone is 1. The zero-order valence-corrected chi connectivity index (χ0v) is 13.7. The van der Waals surface area contributed by atoms with Crippen LogP contribution in [0, 0.1) is 5.82 Å². The minimum atomic E-state index is -0.491. The van der Waals surface area contributed by atoms with Crippen molar-refractivity contribution in [1.82, 2.24) is 15.0 Å². The molecule has 0 bridgehead atoms. The number of hydrogen-bond acceptors (Lipinski definition) is 6. The lowest BCUT2D eigenvalue weighted by atomic mass is 10.0. The number of halogens is 1. The van der Waals surface area contributed by atoms with Gasteiger partial charge in [-0.3, -0.25) is 0 Å². The molecule has 24 heavy (non-hydrogen) atoms. The van der Waals surface area contributed by atoms with E-state index in [4.69, 9.17) is 10.5 Å². The first-order valence-corrected chi connectivity index (χ1v) is 7.62. The van der Waals surface area contributed by atoms with E-state index in [1.165, 1.54) is 30.9 Å². The van der Waals surface area contributed by atoms with Gasteiger partial charge in [0.25, 0.3) is 0 Å². The van der Waals surface area contributed by atoms with Crippen LogP contribution in [0.2, 0.25) is 0 Å². The van der Waals surface area contributed by atoms with Crippen LogP contribution >= 0.6 is 0 Å². The summed E-state index contributed by atoms with van der Waals surface area (Å²) < 4.78 is 19.1. The lowest BCUT2D eigenvalue weighted by Gasteiger charge is -2.11. The number of ether oxygens (including phenoxy) is 1. The zero-order chi connectivity index (χ0) is 17.4. The number of pyridine rings is 1. The second-order valence-corrected chi connectivity index (χ2v) is 5.01. The Morgan fingerprint density at radius 2 is 2.21 bits per heavy atom. The van der Waals surface area contributed by atoms with Crippen molar-refractivity contribution in [3.63, 3.8) is 0 Å². The van der Waals surface area contributed by atoms with E-state index in [1.807, 2.05) is 0 Å². The second-order valence-electron chi connectivity index (χ2n) is 5.01. The van der Waals surface area contributed by atoms with Crippen LogP contribution in [-0.2, 0) is 12.8 Å². The van der Waals surface area contributed by atoms with Gasteiger partial charge in [0.2, 0.25) is 5.88 Å². The maximum atomic E-state index is 13.8. The van der Waals surface area contributed by atoms with Gasteiger partial charge in [0.05, 0.1) is 18.5 Å². The van der Waals surface area contributed by atoms with E-state index < -0.39 is 5.82 Å². The third-order valence-electron chi connectivity index (χ3n) is 3.31. The molecule has 0 spiro atoms. The molecule has 2 rings (SSSR count). The Hall–Kier alpha value is -2.83. The van der Waals surface area contributed by atoms with E-state index in [2.05, 4.69) is 26.9 Å². The molecule has 0 aliphatic heterocycles. The number of aliphatic imine (C=N–C) groups is 1. The molecule has 0 saturated carbocycles. The lowest BCUT2D eigenvalue weighted by molar-refractivity contribution is 0.390. The molecule has 0 amide bonds. The van der Waals surface area contributed by atoms with Crippen molar-refractivity contribution < 1.29 is 9.13 Å². The molecular formula is C17H20FN5O. The maximum absolute atomic E-state index is 13.8. The van der Waals surface area contributed by atoms with Gasteiger partial charge in [-0.1, -0.05) is 13.3 Å². The molecule has 7 heteroatoms. The van der Waals surface area contributed by atoms with Crippen LogP contribution in [0.4, 0.5) is 10.2 Å². The van der Waals surface area contributed by atoms with Gasteiger partial charge in [-0.15, -0.1) is 0 Å². The van der Waals surface area contributed by atoms with Crippen molar-refractivity contribution in [1.29, 1.82) is 0 Å². The van der Waals surface area contributed by atoms with Crippen molar-refractivity contribution in [2.75, 3.05) is 7.11 Å². The molecular weight excluding hydrogens is 309 g/mol. The minimum Gasteiger partial charge on any atom is -0.481 e. The third kappa shape index (κ3) is 4.34. The van der Waals surface area contributed by atoms with Crippen LogP contribution in [0.25, 0.3) is 0 Å². The molecule has 0 atom stereocenters. The number of hydrogen-bond donors (Lipinski definition) is 1. The second kappa shape index (κ2) is 8.71. The highest BCUT2D eigenvalue weighted by Gasteiger charge is 2.13. The van der Waals surface area contributed by atoms with Crippen LogP contribution < -0.4 is 10.5 Å². The predicted octanol–water partition coefficient (Wildman–Crippen LogP) is 2.76. The summed E-state index contributed by atoms with van der Waals surface area (Å²) >= 11 is 0. The molecule has 2 aromatic heterocycles. The molecule has 2 aromatic rings. The Morgan fingerprint density at radius 3 is 2.88 bits per heavy atom. The fourth-order valence-corrected chi connectivity index (χ4v) is 2.27. The molecule has 126 valence electrons. The SMILES string of the molecule is CCCc1c(CC(C=CN)=Nc2ncccc2F)ncnc1OC. The van der Waals surface area contributed by atoms with E-state index in [0.29, 0.717) is 18.0 Å². The molecule has 2 N–H and O–H groups in total. The Morgan fingerprint density at radius 1 is 1.38 bits per heavy atom. The quantitative estimate of drug-likeness (QED) is 0.789. The number of aromatic nitrogens is 3. The Labute approximate surface area is 140 Å². The van der Waals surface area contributed by atoms with Crippen molar-refractivity contribution in [2.45, 2.75) is 26.2 Å². The smallest absolute Gasteiger partial charge is 0.219 e. The highest BCUT2D eigenvalue weighted by Crippen LogP contribution is 2.21. The van der Waals surface area contributed by atoms with Gasteiger partial charge in [0, 0.05) is 18.2 Å².